The maximum Gasteiger partial charge on any atom is 0.295 e. The highest BCUT2D eigenvalue weighted by atomic mass is 16.5. The van der Waals surface area contributed by atoms with Gasteiger partial charge in [0.05, 0.1) is 12.2 Å². The molecule has 0 aliphatic rings. The van der Waals surface area contributed by atoms with Crippen LogP contribution in [-0.4, -0.2) is 63.0 Å². The number of fused-ring (bicyclic) bond motifs is 1. The van der Waals surface area contributed by atoms with Crippen LogP contribution in [0.3, 0.4) is 0 Å². The lowest BCUT2D eigenvalue weighted by Crippen LogP contribution is -2.23. The number of imidazole rings is 1. The first-order valence-electron chi connectivity index (χ1n) is 12.2. The largest absolute Gasteiger partial charge is 0.345 e. The van der Waals surface area contributed by atoms with E-state index in [0.717, 1.165) is 57.9 Å². The average Bonchev–Trinajstić information content (AvgIpc) is 3.62. The maximum atomic E-state index is 12.4. The SMILES string of the molecule is CCc1nc2c(C)cc(C(=O)N(C)O)nc2n1Cc1ccc(-c2c(-c3nnn[nH]3)cc(C)n2CC)cc1. The van der Waals surface area contributed by atoms with Crippen molar-refractivity contribution in [2.45, 2.75) is 47.2 Å². The molecule has 11 nitrogen and oxygen atoms in total. The van der Waals surface area contributed by atoms with Crippen molar-refractivity contribution in [1.82, 2.24) is 44.8 Å². The third-order valence-corrected chi connectivity index (χ3v) is 6.59. The predicted octanol–water partition coefficient (Wildman–Crippen LogP) is 3.79. The summed E-state index contributed by atoms with van der Waals surface area (Å²) in [5.41, 5.74) is 7.67. The first-order valence-corrected chi connectivity index (χ1v) is 12.2. The first kappa shape index (κ1) is 24.3. The summed E-state index contributed by atoms with van der Waals surface area (Å²) in [5, 5.41) is 24.7. The average molecular weight is 500 g/mol. The summed E-state index contributed by atoms with van der Waals surface area (Å²) in [4.78, 5) is 21.8. The Balaban J connectivity index is 1.54. The molecule has 0 radical (unpaired) electrons. The summed E-state index contributed by atoms with van der Waals surface area (Å²) < 4.78 is 4.28. The fourth-order valence-corrected chi connectivity index (χ4v) is 4.80. The summed E-state index contributed by atoms with van der Waals surface area (Å²) in [6, 6.07) is 12.1. The van der Waals surface area contributed by atoms with Gasteiger partial charge in [-0.25, -0.2) is 20.1 Å². The quantitative estimate of drug-likeness (QED) is 0.257. The number of aromatic amines is 1. The normalized spacial score (nSPS) is 11.4. The van der Waals surface area contributed by atoms with Gasteiger partial charge in [-0.2, -0.15) is 0 Å². The Hall–Kier alpha value is -4.38. The molecule has 0 spiro atoms. The van der Waals surface area contributed by atoms with Crippen molar-refractivity contribution in [3.8, 4) is 22.6 Å². The molecular weight excluding hydrogens is 470 g/mol. The van der Waals surface area contributed by atoms with Crippen LogP contribution >= 0.6 is 0 Å². The van der Waals surface area contributed by atoms with E-state index in [1.165, 1.54) is 7.05 Å². The second kappa shape index (κ2) is 9.58. The Morgan fingerprint density at radius 3 is 2.46 bits per heavy atom. The third kappa shape index (κ3) is 4.27. The van der Waals surface area contributed by atoms with Gasteiger partial charge < -0.3 is 9.13 Å². The van der Waals surface area contributed by atoms with E-state index in [2.05, 4.69) is 74.4 Å². The number of rotatable bonds is 7. The van der Waals surface area contributed by atoms with Gasteiger partial charge in [0.1, 0.15) is 17.0 Å². The van der Waals surface area contributed by atoms with Gasteiger partial charge in [-0.3, -0.25) is 10.0 Å². The van der Waals surface area contributed by atoms with Crippen LogP contribution < -0.4 is 0 Å². The van der Waals surface area contributed by atoms with Crippen LogP contribution in [0.2, 0.25) is 0 Å². The summed E-state index contributed by atoms with van der Waals surface area (Å²) in [5.74, 6) is 0.950. The van der Waals surface area contributed by atoms with Crippen molar-refractivity contribution in [2.24, 2.45) is 0 Å². The smallest absolute Gasteiger partial charge is 0.295 e. The highest BCUT2D eigenvalue weighted by molar-refractivity contribution is 5.94. The van der Waals surface area contributed by atoms with Gasteiger partial charge in [-0.05, 0) is 60.0 Å². The van der Waals surface area contributed by atoms with Crippen molar-refractivity contribution >= 4 is 17.1 Å². The summed E-state index contributed by atoms with van der Waals surface area (Å²) >= 11 is 0. The summed E-state index contributed by atoms with van der Waals surface area (Å²) in [6.45, 7) is 9.51. The molecule has 0 aliphatic heterocycles. The van der Waals surface area contributed by atoms with Gasteiger partial charge in [-0.15, -0.1) is 5.10 Å². The standard InChI is InChI=1S/C26H29N9O2/c1-6-21-28-22-15(3)12-20(26(36)33(5)37)27-25(22)35(21)14-17-8-10-18(11-9-17)23-19(24-29-31-32-30-24)13-16(4)34(23)7-2/h8-13,37H,6-7,14H2,1-5H3,(H,29,30,31,32). The van der Waals surface area contributed by atoms with E-state index < -0.39 is 5.91 Å². The zero-order valence-electron chi connectivity index (χ0n) is 21.5. The lowest BCUT2D eigenvalue weighted by molar-refractivity contribution is -0.0379. The van der Waals surface area contributed by atoms with Gasteiger partial charge >= 0.3 is 0 Å². The number of benzene rings is 1. The molecule has 2 N–H and O–H groups in total. The lowest BCUT2D eigenvalue weighted by Gasteiger charge is -2.13. The van der Waals surface area contributed by atoms with Gasteiger partial charge in [0.15, 0.2) is 11.5 Å². The Morgan fingerprint density at radius 1 is 1.08 bits per heavy atom. The molecule has 0 atom stereocenters. The third-order valence-electron chi connectivity index (χ3n) is 6.59. The van der Waals surface area contributed by atoms with Crippen LogP contribution in [-0.2, 0) is 19.5 Å². The van der Waals surface area contributed by atoms with Crippen molar-refractivity contribution in [3.05, 3.63) is 64.7 Å². The minimum Gasteiger partial charge on any atom is -0.345 e. The first-order chi connectivity index (χ1) is 17.8. The Morgan fingerprint density at radius 2 is 1.84 bits per heavy atom. The number of carbonyl (C=O) groups is 1. The molecule has 1 aromatic carbocycles. The molecule has 4 aromatic heterocycles. The molecule has 0 fully saturated rings. The monoisotopic (exact) mass is 499 g/mol. The van der Waals surface area contributed by atoms with E-state index in [-0.39, 0.29) is 5.69 Å². The summed E-state index contributed by atoms with van der Waals surface area (Å²) in [6.07, 6.45) is 0.717. The molecule has 0 bridgehead atoms. The van der Waals surface area contributed by atoms with Gasteiger partial charge in [0.25, 0.3) is 5.91 Å². The highest BCUT2D eigenvalue weighted by Gasteiger charge is 2.20. The maximum absolute atomic E-state index is 12.4. The van der Waals surface area contributed by atoms with Crippen LogP contribution in [0, 0.1) is 13.8 Å². The number of hydrogen-bond acceptors (Lipinski definition) is 7. The molecule has 0 saturated carbocycles. The molecule has 5 aromatic rings. The number of nitrogens with one attached hydrogen (secondary N) is 1. The van der Waals surface area contributed by atoms with Gasteiger partial charge in [-0.1, -0.05) is 31.2 Å². The molecule has 1 amide bonds. The molecule has 5 rings (SSSR count). The van der Waals surface area contributed by atoms with Crippen molar-refractivity contribution < 1.29 is 10.0 Å². The molecular formula is C26H29N9O2. The lowest BCUT2D eigenvalue weighted by atomic mass is 10.0. The van der Waals surface area contributed by atoms with Gasteiger partial charge in [0, 0.05) is 31.3 Å². The van der Waals surface area contributed by atoms with Crippen LogP contribution in [0.15, 0.2) is 36.4 Å². The van der Waals surface area contributed by atoms with Crippen molar-refractivity contribution in [1.29, 1.82) is 0 Å². The zero-order chi connectivity index (χ0) is 26.3. The number of carbonyl (C=O) groups excluding carboxylic acids is 1. The minimum atomic E-state index is -0.563. The zero-order valence-corrected chi connectivity index (χ0v) is 21.5. The topological polar surface area (TPSA) is 131 Å². The molecule has 0 unspecified atom stereocenters. The van der Waals surface area contributed by atoms with Crippen LogP contribution in [0.4, 0.5) is 0 Å². The molecule has 4 heterocycles. The van der Waals surface area contributed by atoms with E-state index in [0.29, 0.717) is 23.1 Å². The Kier molecular flexibility index (Phi) is 6.30. The van der Waals surface area contributed by atoms with E-state index in [1.54, 1.807) is 6.07 Å². The second-order valence-electron chi connectivity index (χ2n) is 9.03. The molecule has 37 heavy (non-hydrogen) atoms. The number of amides is 1. The predicted molar refractivity (Wildman–Crippen MR) is 138 cm³/mol. The van der Waals surface area contributed by atoms with Crippen molar-refractivity contribution in [2.75, 3.05) is 7.05 Å². The van der Waals surface area contributed by atoms with E-state index in [1.807, 2.05) is 18.4 Å². The number of aromatic nitrogens is 8. The van der Waals surface area contributed by atoms with E-state index >= 15 is 0 Å². The number of hydroxylamine groups is 2. The minimum absolute atomic E-state index is 0.180. The number of nitrogens with zero attached hydrogens (tertiary/aromatic N) is 8. The van der Waals surface area contributed by atoms with Crippen LogP contribution in [0.25, 0.3) is 33.8 Å². The Bertz CT molecular complexity index is 1580. The van der Waals surface area contributed by atoms with Crippen LogP contribution in [0.5, 0.6) is 0 Å². The summed E-state index contributed by atoms with van der Waals surface area (Å²) in [7, 11) is 1.29. The number of hydrogen-bond donors (Lipinski definition) is 2. The second-order valence-corrected chi connectivity index (χ2v) is 9.03. The number of H-pyrrole nitrogens is 1. The molecule has 0 saturated heterocycles. The van der Waals surface area contributed by atoms with E-state index in [4.69, 9.17) is 4.98 Å². The number of pyridine rings is 1. The fraction of sp³-hybridized carbons (Fsp3) is 0.308. The number of tetrazole rings is 1. The highest BCUT2D eigenvalue weighted by Crippen LogP contribution is 2.33. The van der Waals surface area contributed by atoms with E-state index in [9.17, 15) is 10.0 Å². The molecule has 190 valence electrons. The number of aryl methyl sites for hydroxylation is 3. The fourth-order valence-electron chi connectivity index (χ4n) is 4.80. The molecule has 0 aliphatic carbocycles. The van der Waals surface area contributed by atoms with Crippen molar-refractivity contribution in [3.63, 3.8) is 0 Å². The van der Waals surface area contributed by atoms with Crippen LogP contribution in [0.1, 0.15) is 47.0 Å². The molecule has 11 heteroatoms. The van der Waals surface area contributed by atoms with Gasteiger partial charge in [0.2, 0.25) is 0 Å². The Labute approximate surface area is 213 Å².